The highest BCUT2D eigenvalue weighted by molar-refractivity contribution is 6.30. The number of aryl methyl sites for hydroxylation is 1. The first kappa shape index (κ1) is 16.4. The molecule has 6 heteroatoms. The van der Waals surface area contributed by atoms with E-state index in [4.69, 9.17) is 16.3 Å². The average Bonchev–Trinajstić information content (AvgIpc) is 2.95. The maximum atomic E-state index is 6.06. The van der Waals surface area contributed by atoms with Crippen molar-refractivity contribution in [2.75, 3.05) is 20.3 Å². The molecule has 0 aliphatic carbocycles. The Morgan fingerprint density at radius 2 is 2.00 bits per heavy atom. The lowest BCUT2D eigenvalue weighted by Gasteiger charge is -2.36. The molecule has 5 nitrogen and oxygen atoms in total. The first-order valence-electron chi connectivity index (χ1n) is 8.02. The molecule has 0 bridgehead atoms. The van der Waals surface area contributed by atoms with Gasteiger partial charge in [0, 0.05) is 44.1 Å². The molecule has 1 aromatic heterocycles. The Balaban J connectivity index is 1.82. The molecule has 124 valence electrons. The molecule has 1 aliphatic heterocycles. The summed E-state index contributed by atoms with van der Waals surface area (Å²) in [6, 6.07) is 8.54. The number of benzene rings is 1. The van der Waals surface area contributed by atoms with Crippen LogP contribution in [0.2, 0.25) is 5.02 Å². The third-order valence-corrected chi connectivity index (χ3v) is 4.71. The second-order valence-electron chi connectivity index (χ2n) is 6.24. The van der Waals surface area contributed by atoms with Crippen molar-refractivity contribution in [3.63, 3.8) is 0 Å². The van der Waals surface area contributed by atoms with Gasteiger partial charge < -0.3 is 4.74 Å². The zero-order chi connectivity index (χ0) is 16.2. The number of hydrogen-bond donors (Lipinski definition) is 0. The van der Waals surface area contributed by atoms with Crippen molar-refractivity contribution in [1.82, 2.24) is 19.9 Å². The largest absolute Gasteiger partial charge is 0.381 e. The molecule has 0 amide bonds. The average molecular weight is 335 g/mol. The molecular weight excluding hydrogens is 312 g/mol. The lowest BCUT2D eigenvalue weighted by Crippen LogP contribution is -2.33. The molecule has 1 aliphatic rings. The lowest BCUT2D eigenvalue weighted by atomic mass is 9.86. The molecule has 0 N–H and O–H groups in total. The third-order valence-electron chi connectivity index (χ3n) is 4.46. The van der Waals surface area contributed by atoms with Crippen molar-refractivity contribution in [3.05, 3.63) is 46.7 Å². The zero-order valence-electron chi connectivity index (χ0n) is 13.7. The third kappa shape index (κ3) is 4.10. The van der Waals surface area contributed by atoms with E-state index in [1.54, 1.807) is 4.68 Å². The number of aromatic nitrogens is 3. The van der Waals surface area contributed by atoms with Gasteiger partial charge >= 0.3 is 0 Å². The van der Waals surface area contributed by atoms with Crippen LogP contribution in [0.3, 0.4) is 0 Å². The number of hydrogen-bond acceptors (Lipinski definition) is 4. The van der Waals surface area contributed by atoms with Gasteiger partial charge in [-0.05, 0) is 43.5 Å². The fraction of sp³-hybridized carbons (Fsp3) is 0.529. The van der Waals surface area contributed by atoms with Crippen molar-refractivity contribution < 1.29 is 4.74 Å². The minimum atomic E-state index is 0.332. The molecule has 1 saturated heterocycles. The van der Waals surface area contributed by atoms with Crippen LogP contribution < -0.4 is 0 Å². The fourth-order valence-corrected chi connectivity index (χ4v) is 3.53. The van der Waals surface area contributed by atoms with Crippen molar-refractivity contribution in [2.24, 2.45) is 13.0 Å². The molecule has 0 spiro atoms. The summed E-state index contributed by atoms with van der Waals surface area (Å²) in [4.78, 5) is 2.36. The smallest absolute Gasteiger partial charge is 0.0967 e. The van der Waals surface area contributed by atoms with E-state index in [1.165, 1.54) is 5.56 Å². The molecule has 1 atom stereocenters. The van der Waals surface area contributed by atoms with E-state index in [-0.39, 0.29) is 0 Å². The molecule has 1 unspecified atom stereocenters. The molecule has 1 aromatic carbocycles. The Hall–Kier alpha value is -1.43. The second-order valence-corrected chi connectivity index (χ2v) is 6.68. The topological polar surface area (TPSA) is 43.2 Å². The highest BCUT2D eigenvalue weighted by Crippen LogP contribution is 2.35. The van der Waals surface area contributed by atoms with Gasteiger partial charge in [-0.25, -0.2) is 0 Å². The van der Waals surface area contributed by atoms with E-state index in [0.717, 1.165) is 43.3 Å². The summed E-state index contributed by atoms with van der Waals surface area (Å²) in [5.74, 6) is 0.576. The summed E-state index contributed by atoms with van der Waals surface area (Å²) in [6.07, 6.45) is 4.13. The predicted octanol–water partition coefficient (Wildman–Crippen LogP) is 3.07. The first-order valence-corrected chi connectivity index (χ1v) is 8.40. The van der Waals surface area contributed by atoms with Gasteiger partial charge in [0.05, 0.1) is 5.69 Å². The van der Waals surface area contributed by atoms with Gasteiger partial charge in [-0.1, -0.05) is 28.9 Å². The van der Waals surface area contributed by atoms with Crippen LogP contribution in [0, 0.1) is 5.92 Å². The number of nitrogens with zero attached hydrogens (tertiary/aromatic N) is 4. The van der Waals surface area contributed by atoms with Crippen molar-refractivity contribution in [2.45, 2.75) is 25.4 Å². The Kier molecular flexibility index (Phi) is 5.30. The van der Waals surface area contributed by atoms with Gasteiger partial charge in [0.15, 0.2) is 0 Å². The van der Waals surface area contributed by atoms with E-state index in [0.29, 0.717) is 12.0 Å². The molecule has 0 radical (unpaired) electrons. The first-order chi connectivity index (χ1) is 11.1. The van der Waals surface area contributed by atoms with Gasteiger partial charge in [0.2, 0.25) is 0 Å². The number of halogens is 1. The van der Waals surface area contributed by atoms with Gasteiger partial charge in [0.25, 0.3) is 0 Å². The van der Waals surface area contributed by atoms with Crippen LogP contribution in [0.25, 0.3) is 0 Å². The van der Waals surface area contributed by atoms with Crippen LogP contribution in [-0.2, 0) is 18.3 Å². The predicted molar refractivity (Wildman–Crippen MR) is 90.2 cm³/mol. The van der Waals surface area contributed by atoms with E-state index >= 15 is 0 Å². The van der Waals surface area contributed by atoms with Gasteiger partial charge in [-0.3, -0.25) is 9.58 Å². The van der Waals surface area contributed by atoms with Crippen LogP contribution in [-0.4, -0.2) is 40.2 Å². The Labute approximate surface area is 142 Å². The second kappa shape index (κ2) is 7.43. The summed E-state index contributed by atoms with van der Waals surface area (Å²) in [5, 5.41) is 9.02. The van der Waals surface area contributed by atoms with E-state index in [1.807, 2.05) is 25.4 Å². The zero-order valence-corrected chi connectivity index (χ0v) is 14.4. The molecule has 2 aromatic rings. The van der Waals surface area contributed by atoms with Crippen LogP contribution >= 0.6 is 11.6 Å². The SMILES string of the molecule is CN(Cc1cn(C)nn1)C(c1ccc(Cl)cc1)C1CCOCC1. The molecular formula is C17H23ClN4O. The van der Waals surface area contributed by atoms with Crippen molar-refractivity contribution in [3.8, 4) is 0 Å². The maximum absolute atomic E-state index is 6.06. The molecule has 0 saturated carbocycles. The fourth-order valence-electron chi connectivity index (χ4n) is 3.40. The normalized spacial score (nSPS) is 17.6. The van der Waals surface area contributed by atoms with Crippen LogP contribution in [0.5, 0.6) is 0 Å². The monoisotopic (exact) mass is 334 g/mol. The maximum Gasteiger partial charge on any atom is 0.0967 e. The van der Waals surface area contributed by atoms with Crippen molar-refractivity contribution in [1.29, 1.82) is 0 Å². The minimum Gasteiger partial charge on any atom is -0.381 e. The molecule has 3 rings (SSSR count). The lowest BCUT2D eigenvalue weighted by molar-refractivity contribution is 0.0291. The number of rotatable bonds is 5. The van der Waals surface area contributed by atoms with E-state index in [9.17, 15) is 0 Å². The highest BCUT2D eigenvalue weighted by atomic mass is 35.5. The van der Waals surface area contributed by atoms with Crippen LogP contribution in [0.4, 0.5) is 0 Å². The Bertz CT molecular complexity index is 622. The minimum absolute atomic E-state index is 0.332. The Morgan fingerprint density at radius 1 is 1.30 bits per heavy atom. The summed E-state index contributed by atoms with van der Waals surface area (Å²) in [5.41, 5.74) is 2.29. The summed E-state index contributed by atoms with van der Waals surface area (Å²) in [7, 11) is 4.05. The molecule has 2 heterocycles. The number of ether oxygens (including phenoxy) is 1. The highest BCUT2D eigenvalue weighted by Gasteiger charge is 2.29. The summed E-state index contributed by atoms with van der Waals surface area (Å²) in [6.45, 7) is 2.46. The quantitative estimate of drug-likeness (QED) is 0.843. The van der Waals surface area contributed by atoms with Gasteiger partial charge in [0.1, 0.15) is 0 Å². The Morgan fingerprint density at radius 3 is 2.61 bits per heavy atom. The standard InChI is InChI=1S/C17H23ClN4O/c1-21(11-16-12-22(2)20-19-16)17(14-7-9-23-10-8-14)13-3-5-15(18)6-4-13/h3-6,12,14,17H,7-11H2,1-2H3. The van der Waals surface area contributed by atoms with Crippen LogP contribution in [0.15, 0.2) is 30.5 Å². The van der Waals surface area contributed by atoms with E-state index in [2.05, 4.69) is 34.4 Å². The van der Waals surface area contributed by atoms with Gasteiger partial charge in [-0.15, -0.1) is 5.10 Å². The van der Waals surface area contributed by atoms with Crippen molar-refractivity contribution >= 4 is 11.6 Å². The summed E-state index contributed by atoms with van der Waals surface area (Å²) < 4.78 is 7.29. The summed E-state index contributed by atoms with van der Waals surface area (Å²) >= 11 is 6.06. The van der Waals surface area contributed by atoms with E-state index < -0.39 is 0 Å². The molecule has 23 heavy (non-hydrogen) atoms. The van der Waals surface area contributed by atoms with Crippen LogP contribution in [0.1, 0.15) is 30.1 Å². The molecule has 1 fully saturated rings. The van der Waals surface area contributed by atoms with Gasteiger partial charge in [-0.2, -0.15) is 0 Å².